The van der Waals surface area contributed by atoms with Crippen LogP contribution >= 0.6 is 0 Å². The number of nitrogens with zero attached hydrogens (tertiary/aromatic N) is 1. The zero-order valence-corrected chi connectivity index (χ0v) is 37.3. The number of benzene rings is 11. The van der Waals surface area contributed by atoms with Crippen LogP contribution in [-0.4, -0.2) is 0 Å². The van der Waals surface area contributed by atoms with E-state index in [-0.39, 0.29) is 0 Å². The van der Waals surface area contributed by atoms with Gasteiger partial charge in [-0.1, -0.05) is 231 Å². The number of furan rings is 1. The molecule has 68 heavy (non-hydrogen) atoms. The van der Waals surface area contributed by atoms with Crippen molar-refractivity contribution in [3.63, 3.8) is 0 Å². The van der Waals surface area contributed by atoms with Gasteiger partial charge in [0.1, 0.15) is 11.3 Å². The fourth-order valence-corrected chi connectivity index (χ4v) is 9.72. The fourth-order valence-electron chi connectivity index (χ4n) is 9.72. The van der Waals surface area contributed by atoms with Crippen molar-refractivity contribution in [2.75, 3.05) is 4.90 Å². The molecule has 0 saturated carbocycles. The van der Waals surface area contributed by atoms with Gasteiger partial charge in [0.15, 0.2) is 0 Å². The first-order chi connectivity index (χ1) is 33.7. The standard InChI is InChI=1S/C66H45NO/c1-3-15-52(16-4-1)61-24-9-11-27-63(61)67(58-43-39-49(40-44-58)47-33-35-53(36-34-47)60-26-14-20-51-17-7-8-23-59(51)60)57-41-37-48(38-42-57)46-29-31-50(32-30-46)55-21-13-22-56(45-55)66-65(54-18-5-2-6-19-54)62-25-10-12-28-64(62)68-66/h1-45H. The molecule has 0 aliphatic carbocycles. The zero-order chi connectivity index (χ0) is 45.2. The lowest BCUT2D eigenvalue weighted by atomic mass is 9.95. The Balaban J connectivity index is 0.846. The predicted octanol–water partition coefficient (Wildman–Crippen LogP) is 18.7. The zero-order valence-electron chi connectivity index (χ0n) is 37.3. The van der Waals surface area contributed by atoms with Crippen molar-refractivity contribution in [1.82, 2.24) is 0 Å². The van der Waals surface area contributed by atoms with Gasteiger partial charge in [0.2, 0.25) is 0 Å². The lowest BCUT2D eigenvalue weighted by Gasteiger charge is -2.28. The van der Waals surface area contributed by atoms with Gasteiger partial charge >= 0.3 is 0 Å². The van der Waals surface area contributed by atoms with Crippen LogP contribution in [0.2, 0.25) is 0 Å². The van der Waals surface area contributed by atoms with Crippen LogP contribution in [0.15, 0.2) is 277 Å². The number of hydrogen-bond donors (Lipinski definition) is 0. The van der Waals surface area contributed by atoms with Crippen LogP contribution in [0.1, 0.15) is 0 Å². The molecule has 0 spiro atoms. The molecular weight excluding hydrogens is 823 g/mol. The molecule has 0 fully saturated rings. The summed E-state index contributed by atoms with van der Waals surface area (Å²) in [4.78, 5) is 2.38. The molecule has 2 nitrogen and oxygen atoms in total. The number of fused-ring (bicyclic) bond motifs is 2. The second-order valence-electron chi connectivity index (χ2n) is 17.2. The van der Waals surface area contributed by atoms with Gasteiger partial charge < -0.3 is 9.32 Å². The van der Waals surface area contributed by atoms with E-state index in [2.05, 4.69) is 266 Å². The van der Waals surface area contributed by atoms with Crippen LogP contribution in [0, 0.1) is 0 Å². The van der Waals surface area contributed by atoms with Crippen LogP contribution in [0.5, 0.6) is 0 Å². The van der Waals surface area contributed by atoms with Crippen molar-refractivity contribution in [2.45, 2.75) is 0 Å². The Morgan fingerprint density at radius 3 is 1.35 bits per heavy atom. The van der Waals surface area contributed by atoms with E-state index in [4.69, 9.17) is 4.42 Å². The summed E-state index contributed by atoms with van der Waals surface area (Å²) < 4.78 is 6.57. The molecule has 0 saturated heterocycles. The summed E-state index contributed by atoms with van der Waals surface area (Å²) in [6, 6.07) is 97.8. The summed E-state index contributed by atoms with van der Waals surface area (Å²) in [5, 5.41) is 3.64. The minimum Gasteiger partial charge on any atom is -0.455 e. The maximum Gasteiger partial charge on any atom is 0.143 e. The van der Waals surface area contributed by atoms with Crippen molar-refractivity contribution < 1.29 is 4.42 Å². The van der Waals surface area contributed by atoms with Crippen molar-refractivity contribution in [3.8, 4) is 78.1 Å². The second kappa shape index (κ2) is 17.8. The van der Waals surface area contributed by atoms with Gasteiger partial charge in [0, 0.05) is 33.5 Å². The van der Waals surface area contributed by atoms with Crippen LogP contribution in [0.3, 0.4) is 0 Å². The summed E-state index contributed by atoms with van der Waals surface area (Å²) in [7, 11) is 0. The van der Waals surface area contributed by atoms with Crippen LogP contribution in [0.4, 0.5) is 17.1 Å². The highest BCUT2D eigenvalue weighted by atomic mass is 16.3. The average molecular weight is 868 g/mol. The molecule has 1 heterocycles. The maximum atomic E-state index is 6.57. The molecule has 320 valence electrons. The molecule has 0 atom stereocenters. The second-order valence-corrected chi connectivity index (χ2v) is 17.2. The van der Waals surface area contributed by atoms with E-state index in [0.29, 0.717) is 0 Å². The molecule has 0 radical (unpaired) electrons. The maximum absolute atomic E-state index is 6.57. The van der Waals surface area contributed by atoms with Gasteiger partial charge in [-0.3, -0.25) is 0 Å². The average Bonchev–Trinajstić information content (AvgIpc) is 3.82. The van der Waals surface area contributed by atoms with Crippen LogP contribution in [0.25, 0.3) is 99.8 Å². The lowest BCUT2D eigenvalue weighted by molar-refractivity contribution is 0.632. The monoisotopic (exact) mass is 867 g/mol. The fraction of sp³-hybridized carbons (Fsp3) is 0. The van der Waals surface area contributed by atoms with Gasteiger partial charge in [0.25, 0.3) is 0 Å². The van der Waals surface area contributed by atoms with E-state index in [0.717, 1.165) is 72.7 Å². The molecule has 12 rings (SSSR count). The van der Waals surface area contributed by atoms with E-state index in [1.54, 1.807) is 0 Å². The largest absolute Gasteiger partial charge is 0.455 e. The summed E-state index contributed by atoms with van der Waals surface area (Å²) in [5.74, 6) is 0.884. The molecule has 0 bridgehead atoms. The van der Waals surface area contributed by atoms with E-state index in [9.17, 15) is 0 Å². The van der Waals surface area contributed by atoms with E-state index < -0.39 is 0 Å². The van der Waals surface area contributed by atoms with Crippen molar-refractivity contribution in [3.05, 3.63) is 273 Å². The molecule has 0 amide bonds. The van der Waals surface area contributed by atoms with Gasteiger partial charge in [0.05, 0.1) is 5.69 Å². The molecule has 12 aromatic rings. The molecule has 0 unspecified atom stereocenters. The number of anilines is 3. The first-order valence-electron chi connectivity index (χ1n) is 23.2. The van der Waals surface area contributed by atoms with Gasteiger partial charge in [-0.05, 0) is 109 Å². The number of rotatable bonds is 10. The van der Waals surface area contributed by atoms with Crippen molar-refractivity contribution >= 4 is 38.8 Å². The molecular formula is C66H45NO. The topological polar surface area (TPSA) is 16.4 Å². The van der Waals surface area contributed by atoms with Crippen molar-refractivity contribution in [2.24, 2.45) is 0 Å². The summed E-state index contributed by atoms with van der Waals surface area (Å²) in [5.41, 5.74) is 19.3. The third-order valence-electron chi connectivity index (χ3n) is 13.1. The van der Waals surface area contributed by atoms with Gasteiger partial charge in [-0.2, -0.15) is 0 Å². The SMILES string of the molecule is c1ccc(-c2ccccc2N(c2ccc(-c3ccc(-c4cccc(-c5oc6ccccc6c5-c5ccccc5)c4)cc3)cc2)c2ccc(-c3ccc(-c4cccc5ccccc45)cc3)cc2)cc1. The first-order valence-corrected chi connectivity index (χ1v) is 23.2. The number of para-hydroxylation sites is 2. The van der Waals surface area contributed by atoms with E-state index in [1.807, 2.05) is 12.1 Å². The first kappa shape index (κ1) is 40.5. The number of hydrogen-bond acceptors (Lipinski definition) is 2. The Morgan fingerprint density at radius 2 is 0.691 bits per heavy atom. The minimum absolute atomic E-state index is 0.884. The Labute approximate surface area is 397 Å². The summed E-state index contributed by atoms with van der Waals surface area (Å²) >= 11 is 0. The minimum atomic E-state index is 0.884. The smallest absolute Gasteiger partial charge is 0.143 e. The van der Waals surface area contributed by atoms with Crippen LogP contribution < -0.4 is 4.90 Å². The quantitative estimate of drug-likeness (QED) is 0.136. The molecule has 0 N–H and O–H groups in total. The van der Waals surface area contributed by atoms with E-state index in [1.165, 1.54) is 44.2 Å². The normalized spacial score (nSPS) is 11.2. The lowest BCUT2D eigenvalue weighted by Crippen LogP contribution is -2.11. The third-order valence-corrected chi connectivity index (χ3v) is 13.1. The highest BCUT2D eigenvalue weighted by Crippen LogP contribution is 2.44. The van der Waals surface area contributed by atoms with Gasteiger partial charge in [-0.15, -0.1) is 0 Å². The highest BCUT2D eigenvalue weighted by Gasteiger charge is 2.20. The third kappa shape index (κ3) is 7.74. The summed E-state index contributed by atoms with van der Waals surface area (Å²) in [6.45, 7) is 0. The Kier molecular flexibility index (Phi) is 10.6. The molecule has 0 aliphatic rings. The van der Waals surface area contributed by atoms with Gasteiger partial charge in [-0.25, -0.2) is 0 Å². The molecule has 0 aliphatic heterocycles. The Morgan fingerprint density at radius 1 is 0.265 bits per heavy atom. The highest BCUT2D eigenvalue weighted by molar-refractivity contribution is 6.02. The molecule has 2 heteroatoms. The Hall–Kier alpha value is -8.98. The predicted molar refractivity (Wildman–Crippen MR) is 286 cm³/mol. The summed E-state index contributed by atoms with van der Waals surface area (Å²) in [6.07, 6.45) is 0. The molecule has 1 aromatic heterocycles. The Bertz CT molecular complexity index is 3680. The van der Waals surface area contributed by atoms with Crippen molar-refractivity contribution in [1.29, 1.82) is 0 Å². The van der Waals surface area contributed by atoms with Crippen LogP contribution in [-0.2, 0) is 0 Å². The van der Waals surface area contributed by atoms with E-state index >= 15 is 0 Å². The molecule has 11 aromatic carbocycles.